The summed E-state index contributed by atoms with van der Waals surface area (Å²) in [5.74, 6) is -2.16. The fraction of sp³-hybridized carbons (Fsp3) is 0.826. The van der Waals surface area contributed by atoms with Gasteiger partial charge in [0.05, 0.1) is 6.61 Å². The normalized spacial score (nSPS) is 15.2. The highest BCUT2D eigenvalue weighted by molar-refractivity contribution is 6.76. The van der Waals surface area contributed by atoms with Crippen molar-refractivity contribution in [2.24, 2.45) is 11.8 Å². The number of hydrogen-bond donors (Lipinski definition) is 2. The van der Waals surface area contributed by atoms with Gasteiger partial charge < -0.3 is 20.1 Å². The minimum Gasteiger partial charge on any atom is -0.480 e. The van der Waals surface area contributed by atoms with Gasteiger partial charge in [0.15, 0.2) is 0 Å². The lowest BCUT2D eigenvalue weighted by molar-refractivity contribution is -0.150. The number of carbonyl (C=O) groups is 4. The Balaban J connectivity index is 5.61. The van der Waals surface area contributed by atoms with E-state index < -0.39 is 50.1 Å². The molecule has 10 heteroatoms. The number of carboxylic acid groups (broad SMARTS) is 1. The molecule has 0 heterocycles. The molecule has 33 heavy (non-hydrogen) atoms. The van der Waals surface area contributed by atoms with Crippen molar-refractivity contribution >= 4 is 32.0 Å². The number of ether oxygens (including phenoxy) is 1. The summed E-state index contributed by atoms with van der Waals surface area (Å²) in [5, 5.41) is 12.1. The quantitative estimate of drug-likeness (QED) is 0.385. The van der Waals surface area contributed by atoms with Crippen molar-refractivity contribution in [1.82, 2.24) is 15.1 Å². The second-order valence-electron chi connectivity index (χ2n) is 10.5. The number of amides is 3. The van der Waals surface area contributed by atoms with Crippen molar-refractivity contribution in [1.29, 1.82) is 0 Å². The van der Waals surface area contributed by atoms with Crippen LogP contribution in [0.4, 0.5) is 4.79 Å². The molecule has 0 bridgehead atoms. The Morgan fingerprint density at radius 1 is 1.00 bits per heavy atom. The van der Waals surface area contributed by atoms with Gasteiger partial charge in [-0.15, -0.1) is 0 Å². The Hall–Kier alpha value is -2.10. The highest BCUT2D eigenvalue weighted by Gasteiger charge is 2.36. The zero-order chi connectivity index (χ0) is 26.1. The largest absolute Gasteiger partial charge is 0.480 e. The summed E-state index contributed by atoms with van der Waals surface area (Å²) in [6.45, 7) is 15.9. The molecule has 0 aliphatic carbocycles. The lowest BCUT2D eigenvalue weighted by Crippen LogP contribution is -2.58. The smallest absolute Gasteiger partial charge is 0.410 e. The highest BCUT2D eigenvalue weighted by atomic mass is 28.3. The molecule has 3 amide bonds. The van der Waals surface area contributed by atoms with Crippen molar-refractivity contribution in [3.8, 4) is 0 Å². The molecule has 192 valence electrons. The van der Waals surface area contributed by atoms with Gasteiger partial charge >= 0.3 is 12.1 Å². The SMILES string of the molecule is CC[C@H](C)[C@H](NC(=O)[C@H](CC(C)C)N(C)C(=O)OCC[Si](C)(C)C)C(=O)N(C)[C@@H](C)C(=O)O. The maximum Gasteiger partial charge on any atom is 0.410 e. The van der Waals surface area contributed by atoms with Crippen LogP contribution in [-0.2, 0) is 19.1 Å². The van der Waals surface area contributed by atoms with E-state index in [0.717, 1.165) is 10.9 Å². The van der Waals surface area contributed by atoms with E-state index in [2.05, 4.69) is 25.0 Å². The minimum atomic E-state index is -1.37. The molecule has 4 atom stereocenters. The number of hydrogen-bond acceptors (Lipinski definition) is 5. The summed E-state index contributed by atoms with van der Waals surface area (Å²) in [5.41, 5.74) is 0. The fourth-order valence-corrected chi connectivity index (χ4v) is 3.78. The summed E-state index contributed by atoms with van der Waals surface area (Å²) < 4.78 is 5.41. The second kappa shape index (κ2) is 13.6. The minimum absolute atomic E-state index is 0.116. The first-order chi connectivity index (χ1) is 15.0. The van der Waals surface area contributed by atoms with E-state index in [9.17, 15) is 24.3 Å². The number of carbonyl (C=O) groups excluding carboxylic acids is 3. The molecule has 0 saturated heterocycles. The predicted octanol–water partition coefficient (Wildman–Crippen LogP) is 3.27. The Kier molecular flexibility index (Phi) is 12.7. The summed E-state index contributed by atoms with van der Waals surface area (Å²) in [6.07, 6.45) is 0.431. The molecule has 0 aromatic carbocycles. The molecular formula is C23H45N3O6Si. The van der Waals surface area contributed by atoms with E-state index in [1.165, 1.54) is 25.9 Å². The average Bonchev–Trinajstić information content (AvgIpc) is 2.71. The Bertz CT molecular complexity index is 680. The molecule has 2 N–H and O–H groups in total. The van der Waals surface area contributed by atoms with Gasteiger partial charge in [-0.25, -0.2) is 9.59 Å². The van der Waals surface area contributed by atoms with E-state index in [4.69, 9.17) is 4.74 Å². The van der Waals surface area contributed by atoms with Crippen LogP contribution in [0.2, 0.25) is 25.7 Å². The van der Waals surface area contributed by atoms with E-state index in [1.807, 2.05) is 27.7 Å². The Morgan fingerprint density at radius 2 is 1.55 bits per heavy atom. The maximum absolute atomic E-state index is 13.3. The first kappa shape index (κ1) is 30.9. The summed E-state index contributed by atoms with van der Waals surface area (Å²) >= 11 is 0. The lowest BCUT2D eigenvalue weighted by atomic mass is 9.95. The van der Waals surface area contributed by atoms with Crippen LogP contribution in [-0.4, -0.2) is 85.7 Å². The number of aliphatic carboxylic acids is 1. The molecule has 0 saturated carbocycles. The van der Waals surface area contributed by atoms with E-state index in [0.29, 0.717) is 19.4 Å². The standard InChI is InChI=1S/C23H45N3O6Si/c1-11-16(4)19(21(28)25(6)17(5)22(29)30)24-20(27)18(14-15(2)3)26(7)23(31)32-12-13-33(8,9)10/h15-19H,11-14H2,1-10H3,(H,24,27)(H,29,30)/t16-,17-,18-,19-/m0/s1. The predicted molar refractivity (Wildman–Crippen MR) is 132 cm³/mol. The van der Waals surface area contributed by atoms with Crippen LogP contribution >= 0.6 is 0 Å². The van der Waals surface area contributed by atoms with Crippen molar-refractivity contribution < 1.29 is 29.0 Å². The van der Waals surface area contributed by atoms with Gasteiger partial charge in [0.1, 0.15) is 18.1 Å². The Morgan fingerprint density at radius 3 is 1.97 bits per heavy atom. The number of rotatable bonds is 13. The zero-order valence-electron chi connectivity index (χ0n) is 22.1. The van der Waals surface area contributed by atoms with Gasteiger partial charge in [0, 0.05) is 22.2 Å². The highest BCUT2D eigenvalue weighted by Crippen LogP contribution is 2.17. The molecular weight excluding hydrogens is 442 g/mol. The maximum atomic E-state index is 13.3. The molecule has 0 rings (SSSR count). The van der Waals surface area contributed by atoms with Crippen LogP contribution in [0.25, 0.3) is 0 Å². The van der Waals surface area contributed by atoms with Crippen LogP contribution < -0.4 is 5.32 Å². The molecule has 0 aliphatic rings. The van der Waals surface area contributed by atoms with E-state index in [1.54, 1.807) is 0 Å². The first-order valence-electron chi connectivity index (χ1n) is 11.7. The lowest BCUT2D eigenvalue weighted by Gasteiger charge is -2.33. The summed E-state index contributed by atoms with van der Waals surface area (Å²) in [7, 11) is 1.57. The van der Waals surface area contributed by atoms with Crippen LogP contribution in [0.3, 0.4) is 0 Å². The third kappa shape index (κ3) is 10.6. The van der Waals surface area contributed by atoms with Crippen molar-refractivity contribution in [3.63, 3.8) is 0 Å². The number of nitrogens with one attached hydrogen (secondary N) is 1. The van der Waals surface area contributed by atoms with Gasteiger partial charge in [-0.2, -0.15) is 0 Å². The third-order valence-electron chi connectivity index (χ3n) is 5.89. The van der Waals surface area contributed by atoms with Crippen LogP contribution in [0, 0.1) is 11.8 Å². The summed E-state index contributed by atoms with van der Waals surface area (Å²) in [6, 6.07) is -1.92. The van der Waals surface area contributed by atoms with Crippen LogP contribution in [0.1, 0.15) is 47.5 Å². The first-order valence-corrected chi connectivity index (χ1v) is 15.4. The average molecular weight is 488 g/mol. The number of carboxylic acids is 1. The summed E-state index contributed by atoms with van der Waals surface area (Å²) in [4.78, 5) is 52.7. The molecule has 0 aromatic heterocycles. The van der Waals surface area contributed by atoms with Crippen molar-refractivity contribution in [3.05, 3.63) is 0 Å². The zero-order valence-corrected chi connectivity index (χ0v) is 23.1. The molecule has 0 spiro atoms. The van der Waals surface area contributed by atoms with Gasteiger partial charge in [-0.1, -0.05) is 53.8 Å². The van der Waals surface area contributed by atoms with Crippen molar-refractivity contribution in [2.75, 3.05) is 20.7 Å². The topological polar surface area (TPSA) is 116 Å². The van der Waals surface area contributed by atoms with E-state index >= 15 is 0 Å². The molecule has 0 fully saturated rings. The third-order valence-corrected chi connectivity index (χ3v) is 7.60. The number of nitrogens with zero attached hydrogens (tertiary/aromatic N) is 2. The second-order valence-corrected chi connectivity index (χ2v) is 16.1. The molecule has 9 nitrogen and oxygen atoms in total. The van der Waals surface area contributed by atoms with Crippen molar-refractivity contribution in [2.45, 2.75) is 91.3 Å². The van der Waals surface area contributed by atoms with Crippen LogP contribution in [0.5, 0.6) is 0 Å². The molecule has 0 radical (unpaired) electrons. The molecule has 0 aromatic rings. The van der Waals surface area contributed by atoms with Gasteiger partial charge in [-0.05, 0) is 31.2 Å². The fourth-order valence-electron chi connectivity index (χ4n) is 3.07. The number of likely N-dealkylation sites (N-methyl/N-ethyl adjacent to an activating group) is 2. The van der Waals surface area contributed by atoms with E-state index in [-0.39, 0.29) is 11.8 Å². The van der Waals surface area contributed by atoms with Gasteiger partial charge in [-0.3, -0.25) is 14.5 Å². The van der Waals surface area contributed by atoms with Gasteiger partial charge in [0.25, 0.3) is 0 Å². The van der Waals surface area contributed by atoms with Gasteiger partial charge in [0.2, 0.25) is 11.8 Å². The monoisotopic (exact) mass is 487 g/mol. The Labute approximate surface area is 200 Å². The van der Waals surface area contributed by atoms with Crippen LogP contribution in [0.15, 0.2) is 0 Å². The molecule has 0 aliphatic heterocycles. The molecule has 0 unspecified atom stereocenters.